The molecule has 0 aromatic rings. The Labute approximate surface area is 987 Å². The van der Waals surface area contributed by atoms with Crippen LogP contribution in [0.4, 0.5) is 0 Å². The van der Waals surface area contributed by atoms with Crippen molar-refractivity contribution in [3.8, 4) is 53.3 Å². The molecule has 90 radical (unpaired) electrons. The Hall–Kier alpha value is 3.96. The molecule has 660 valence electrons. The predicted molar refractivity (Wildman–Crippen MR) is 461 cm³/mol. The fourth-order valence-electron chi connectivity index (χ4n) is 7.88. The molecule has 0 unspecified atom stereocenters. The van der Waals surface area contributed by atoms with Crippen molar-refractivity contribution < 1.29 is 288 Å². The third kappa shape index (κ3) is 97.8. The molecular weight excluding hydrogens is 3070 g/mol. The predicted octanol–water partition coefficient (Wildman–Crippen LogP) is 18.0. The maximum Gasteiger partial charge on any atom is 2.00 e. The summed E-state index contributed by atoms with van der Waals surface area (Å²) >= 11 is 0. The number of hydrogen-bond donors (Lipinski definition) is 0. The van der Waals surface area contributed by atoms with Crippen LogP contribution in [0.1, 0.15) is 0 Å². The largest absolute Gasteiger partial charge is 2.00 e. The van der Waals surface area contributed by atoms with Gasteiger partial charge in [-0.2, -0.15) is 0 Å². The zero-order chi connectivity index (χ0) is 80.8. The van der Waals surface area contributed by atoms with Gasteiger partial charge in [0.15, 0.2) is 0 Å². The van der Waals surface area contributed by atoms with E-state index >= 15 is 0 Å². The first kappa shape index (κ1) is 158. The maximum atomic E-state index is 6.61. The standard InChI is InChI=1S/3C13H8N.3C7H4.3C6H4N.6C5H5.6Au.9Fe/c3*1-2-7-12(6-1)8-5-11-14-13-9-3-4-10-13;3*1-2-7-5-3-4-6-7;3*1-7-6-4-2-3-5-6;6*1-2-4-5-3-1;;;;;;;;;;;;;;;/h3*1-4,6-7,9-10H;3*3-6H;3*2-5H;6*1-5H;;;;;;;;;;;;;;;/q6*-1;;;;;;;;;;6*+1;9*+2. The summed E-state index contributed by atoms with van der Waals surface area (Å²) in [7, 11) is 0. The molecule has 129 heavy (non-hydrogen) atoms. The minimum absolute atomic E-state index is 0. The van der Waals surface area contributed by atoms with Crippen LogP contribution in [0.15, 0.2) is 15.0 Å². The second kappa shape index (κ2) is 122. The summed E-state index contributed by atoms with van der Waals surface area (Å²) in [6.45, 7) is 19.5. The van der Waals surface area contributed by atoms with Crippen LogP contribution >= 0.6 is 0 Å². The van der Waals surface area contributed by atoms with E-state index in [1.165, 1.54) is 0 Å². The third-order valence-electron chi connectivity index (χ3n) is 13.3. The van der Waals surface area contributed by atoms with Crippen molar-refractivity contribution in [3.63, 3.8) is 0 Å². The van der Waals surface area contributed by atoms with Crippen molar-refractivity contribution >= 4 is 18.6 Å². The number of rotatable bonds is 3. The van der Waals surface area contributed by atoms with E-state index in [0.29, 0.717) is 0 Å². The van der Waals surface area contributed by atoms with Crippen LogP contribution in [-0.4, -0.2) is 18.6 Å². The van der Waals surface area contributed by atoms with Gasteiger partial charge >= 0.3 is 306 Å². The van der Waals surface area contributed by atoms with Gasteiger partial charge in [-0.05, 0) is 480 Å². The van der Waals surface area contributed by atoms with E-state index < -0.39 is 0 Å². The molecule has 0 amide bonds. The van der Waals surface area contributed by atoms with Crippen LogP contribution in [0.2, 0.25) is 0 Å². The Bertz CT molecular complexity index is 2360. The molecule has 0 N–H and O–H groups in total. The smallest absolute Gasteiger partial charge is 0.693 e. The van der Waals surface area contributed by atoms with Crippen LogP contribution in [0.5, 0.6) is 0 Å². The molecule has 18 fully saturated rings. The zero-order valence-corrected chi connectivity index (χ0v) is 90.6. The number of nitrogens with zero attached hydrogens (tertiary/aromatic N) is 6. The molecule has 21 heteroatoms. The minimum atomic E-state index is 0. The molecule has 0 saturated heterocycles. The summed E-state index contributed by atoms with van der Waals surface area (Å²) in [6, 6.07) is 4.84. The Morgan fingerprint density at radius 3 is 0.395 bits per heavy atom. The number of aliphatic imine (C=N–C) groups is 3. The summed E-state index contributed by atoms with van der Waals surface area (Å²) in [4.78, 5) is 21.7. The van der Waals surface area contributed by atoms with Gasteiger partial charge in [-0.15, -0.1) is 0 Å². The molecule has 0 spiro atoms. The molecule has 18 saturated carbocycles. The van der Waals surface area contributed by atoms with Gasteiger partial charge in [0, 0.05) is 17.8 Å². The van der Waals surface area contributed by atoms with Crippen LogP contribution in [-0.2, 0) is 288 Å². The average Bonchev–Trinajstić information content (AvgIpc) is 1.83. The maximum absolute atomic E-state index is 6.61. The Morgan fingerprint density at radius 2 is 0.287 bits per heavy atom. The average molecular weight is 3140 g/mol. The SMILES string of the molecule is C(#C[C]1[CH][CH][CH][CH]1)[C-]=N[C]1[CH][CH][CH][CH]1.C(#C[C]1[CH][CH][CH][CH]1)[C-]=N[C]1[CH][CH][CH][CH]1.C(#C[C]1[CH][CH][CH][CH]1)[C-]=N[C]1[CH][CH][CH][CH]1.[Au+].[Au+].[Au+].[Au+].[Au+].[Au+].[C-]#C[C]1[CH][CH][CH][CH]1.[C-]#C[C]1[CH][CH][CH][CH]1.[C-]#C[C]1[CH][CH][CH][CH]1.[C-]#[N+][C]1[CH][CH][CH][CH]1.[C-]#[N+][C]1[CH][CH][CH][CH]1.[C-]#[N+][C]1[CH][CH][CH][CH]1.[CH]1[CH][CH][CH][CH]1.[CH]1[CH][CH][CH][CH]1.[CH]1[CH][CH][CH][CH]1.[CH]1[CH][CH][CH][CH]1.[CH]1[CH][CH][CH][CH]1.[CH]1[CH][CH][CH][CH]1.[Fe+2].[Fe+2].[Fe+2].[Fe+2].[Fe+2].[Fe+2].[Fe+2].[Fe+2].[Fe+2]. The van der Waals surface area contributed by atoms with Crippen molar-refractivity contribution in [1.29, 1.82) is 0 Å². The van der Waals surface area contributed by atoms with Crippen LogP contribution < -0.4 is 0 Å². The molecule has 18 aliphatic carbocycles. The van der Waals surface area contributed by atoms with E-state index in [9.17, 15) is 0 Å². The Morgan fingerprint density at radius 1 is 0.171 bits per heavy atom. The third-order valence-corrected chi connectivity index (χ3v) is 13.3. The molecule has 0 aromatic carbocycles. The summed E-state index contributed by atoms with van der Waals surface area (Å²) in [6.07, 6.45) is 179. The topological polar surface area (TPSA) is 50.2 Å². The van der Waals surface area contributed by atoms with Crippen LogP contribution in [0.25, 0.3) is 14.5 Å². The summed E-state index contributed by atoms with van der Waals surface area (Å²) in [5.74, 6) is 29.4. The first-order valence-electron chi connectivity index (χ1n) is 35.4. The van der Waals surface area contributed by atoms with E-state index in [0.717, 1.165) is 71.8 Å². The van der Waals surface area contributed by atoms with E-state index in [4.69, 9.17) is 39.0 Å². The van der Waals surface area contributed by atoms with Gasteiger partial charge in [0.05, 0.1) is 56.7 Å². The molecule has 0 bridgehead atoms. The Kier molecular flexibility index (Phi) is 150. The molecule has 0 aromatic heterocycles. The van der Waals surface area contributed by atoms with Crippen LogP contribution in [0, 0.1) is 665 Å². The molecule has 18 rings (SSSR count). The van der Waals surface area contributed by atoms with Gasteiger partial charge < -0.3 is 84.3 Å². The summed E-state index contributed by atoms with van der Waals surface area (Å²) in [5.41, 5.74) is 0. The molecule has 6 nitrogen and oxygen atoms in total. The summed E-state index contributed by atoms with van der Waals surface area (Å²) < 4.78 is 0. The van der Waals surface area contributed by atoms with Gasteiger partial charge in [0.1, 0.15) is 0 Å². The first-order valence-corrected chi connectivity index (χ1v) is 35.4. The van der Waals surface area contributed by atoms with Gasteiger partial charge in [-0.25, -0.2) is 19.7 Å². The van der Waals surface area contributed by atoms with E-state index in [1.807, 2.05) is 462 Å². The molecule has 0 aliphatic heterocycles. The van der Waals surface area contributed by atoms with E-state index in [-0.39, 0.29) is 288 Å². The second-order valence-electron chi connectivity index (χ2n) is 21.8. The normalized spacial score (nSPS) is 20.7. The first-order chi connectivity index (χ1) is 56.4. The molecule has 0 atom stereocenters. The monoisotopic (exact) mass is 3140 g/mol. The fourth-order valence-corrected chi connectivity index (χ4v) is 7.88. The van der Waals surface area contributed by atoms with Gasteiger partial charge in [-0.1, -0.05) is 18.6 Å². The summed E-state index contributed by atoms with van der Waals surface area (Å²) in [5, 5.41) is 0. The molecule has 18 aliphatic rings. The van der Waals surface area contributed by atoms with Gasteiger partial charge in [0.25, 0.3) is 0 Å². The zero-order valence-electron chi connectivity index (χ0n) is 67.7. The van der Waals surface area contributed by atoms with E-state index in [2.05, 4.69) is 101 Å². The van der Waals surface area contributed by atoms with E-state index in [1.54, 1.807) is 38.5 Å². The Balaban J connectivity index is -0.000000114. The van der Waals surface area contributed by atoms with Crippen LogP contribution in [0.3, 0.4) is 0 Å². The second-order valence-corrected chi connectivity index (χ2v) is 21.8. The molecule has 0 heterocycles. The van der Waals surface area contributed by atoms with Crippen molar-refractivity contribution in [2.75, 3.05) is 0 Å². The van der Waals surface area contributed by atoms with Crippen molar-refractivity contribution in [2.45, 2.75) is 0 Å². The van der Waals surface area contributed by atoms with Gasteiger partial charge in [-0.3, -0.25) is 17.8 Å². The number of hydrogen-bond acceptors (Lipinski definition) is 3. The van der Waals surface area contributed by atoms with Gasteiger partial charge in [0.2, 0.25) is 0 Å². The quantitative estimate of drug-likeness (QED) is 0.117. The molecular formula is C108H78Au6Fe9N6+18. The van der Waals surface area contributed by atoms with Crippen molar-refractivity contribution in [3.05, 3.63) is 626 Å². The fraction of sp³-hybridized carbons (Fsp3) is 0. The van der Waals surface area contributed by atoms with Crippen molar-refractivity contribution in [2.24, 2.45) is 15.0 Å². The minimum Gasteiger partial charge on any atom is -0.693 e. The van der Waals surface area contributed by atoms with Crippen molar-refractivity contribution in [1.82, 2.24) is 0 Å².